The standard InChI is InChI=1S/C32H32N2O4S/c1-6-37-26-17-16-22-10-8-9-11-24(22)25(26)18-27-30(35)34-29(23-14-12-21(13-15-23)19(3)4)28(31(36)38-7-2)20(5)33-32(34)39-27/h8-19,29H,6-7H2,1-5H3/b27-18-. The molecule has 1 atom stereocenters. The fraction of sp³-hybridized carbons (Fsp3) is 0.281. The molecule has 4 aromatic rings. The average molecular weight is 541 g/mol. The maximum absolute atomic E-state index is 14.1. The van der Waals surface area contributed by atoms with Gasteiger partial charge in [0.25, 0.3) is 5.56 Å². The minimum atomic E-state index is -0.637. The van der Waals surface area contributed by atoms with E-state index in [1.54, 1.807) is 18.4 Å². The predicted molar refractivity (Wildman–Crippen MR) is 156 cm³/mol. The van der Waals surface area contributed by atoms with E-state index in [2.05, 4.69) is 26.0 Å². The second kappa shape index (κ2) is 11.0. The van der Waals surface area contributed by atoms with Gasteiger partial charge in [0.1, 0.15) is 5.75 Å². The Morgan fingerprint density at radius 2 is 1.79 bits per heavy atom. The Bertz CT molecular complexity index is 1760. The summed E-state index contributed by atoms with van der Waals surface area (Å²) >= 11 is 1.32. The first kappa shape index (κ1) is 26.6. The summed E-state index contributed by atoms with van der Waals surface area (Å²) in [6.45, 7) is 10.5. The largest absolute Gasteiger partial charge is 0.493 e. The molecule has 200 valence electrons. The first-order valence-electron chi connectivity index (χ1n) is 13.3. The fourth-order valence-corrected chi connectivity index (χ4v) is 6.04. The number of carbonyl (C=O) groups is 1. The van der Waals surface area contributed by atoms with Crippen LogP contribution in [0.25, 0.3) is 16.8 Å². The molecule has 1 aliphatic rings. The Labute approximate surface area is 231 Å². The predicted octanol–water partition coefficient (Wildman–Crippen LogP) is 5.47. The molecule has 0 spiro atoms. The molecule has 1 aromatic heterocycles. The Morgan fingerprint density at radius 1 is 1.05 bits per heavy atom. The van der Waals surface area contributed by atoms with Crippen LogP contribution >= 0.6 is 11.3 Å². The molecule has 0 bridgehead atoms. The van der Waals surface area contributed by atoms with Crippen molar-refractivity contribution in [3.05, 3.63) is 108 Å². The van der Waals surface area contributed by atoms with Gasteiger partial charge in [-0.25, -0.2) is 9.79 Å². The minimum absolute atomic E-state index is 0.207. The van der Waals surface area contributed by atoms with Crippen LogP contribution < -0.4 is 19.6 Å². The normalized spacial score (nSPS) is 15.4. The van der Waals surface area contributed by atoms with Crippen LogP contribution in [0.5, 0.6) is 5.75 Å². The molecule has 5 rings (SSSR count). The molecule has 1 aliphatic heterocycles. The number of hydrogen-bond acceptors (Lipinski definition) is 6. The smallest absolute Gasteiger partial charge is 0.338 e. The van der Waals surface area contributed by atoms with Gasteiger partial charge in [-0.15, -0.1) is 0 Å². The summed E-state index contributed by atoms with van der Waals surface area (Å²) in [6.07, 6.45) is 1.89. The maximum Gasteiger partial charge on any atom is 0.338 e. The van der Waals surface area contributed by atoms with Crippen LogP contribution in [0.3, 0.4) is 0 Å². The van der Waals surface area contributed by atoms with E-state index >= 15 is 0 Å². The van der Waals surface area contributed by atoms with Crippen molar-refractivity contribution >= 4 is 34.2 Å². The lowest BCUT2D eigenvalue weighted by molar-refractivity contribution is -0.139. The van der Waals surface area contributed by atoms with Crippen LogP contribution in [0.1, 0.15) is 63.3 Å². The molecule has 0 saturated carbocycles. The van der Waals surface area contributed by atoms with Gasteiger partial charge >= 0.3 is 5.97 Å². The number of esters is 1. The van der Waals surface area contributed by atoms with Crippen LogP contribution in [0.4, 0.5) is 0 Å². The summed E-state index contributed by atoms with van der Waals surface area (Å²) in [5.74, 6) is 0.618. The number of fused-ring (bicyclic) bond motifs is 2. The van der Waals surface area contributed by atoms with Crippen molar-refractivity contribution < 1.29 is 14.3 Å². The number of thiazole rings is 1. The number of hydrogen-bond donors (Lipinski definition) is 0. The Morgan fingerprint density at radius 3 is 2.49 bits per heavy atom. The highest BCUT2D eigenvalue weighted by molar-refractivity contribution is 7.07. The van der Waals surface area contributed by atoms with Crippen LogP contribution in [0, 0.1) is 0 Å². The highest BCUT2D eigenvalue weighted by atomic mass is 32.1. The summed E-state index contributed by atoms with van der Waals surface area (Å²) in [7, 11) is 0. The second-order valence-electron chi connectivity index (χ2n) is 9.76. The minimum Gasteiger partial charge on any atom is -0.493 e. The lowest BCUT2D eigenvalue weighted by Gasteiger charge is -2.25. The van der Waals surface area contributed by atoms with Gasteiger partial charge in [0, 0.05) is 5.56 Å². The van der Waals surface area contributed by atoms with E-state index < -0.39 is 12.0 Å². The van der Waals surface area contributed by atoms with Crippen molar-refractivity contribution in [2.24, 2.45) is 4.99 Å². The topological polar surface area (TPSA) is 69.9 Å². The van der Waals surface area contributed by atoms with E-state index in [4.69, 9.17) is 14.5 Å². The number of carbonyl (C=O) groups excluding carboxylic acids is 1. The average Bonchev–Trinajstić information content (AvgIpc) is 3.23. The highest BCUT2D eigenvalue weighted by Crippen LogP contribution is 2.32. The van der Waals surface area contributed by atoms with Crippen molar-refractivity contribution in [2.45, 2.75) is 46.6 Å². The van der Waals surface area contributed by atoms with Crippen LogP contribution in [-0.4, -0.2) is 23.8 Å². The Hall–Kier alpha value is -3.97. The van der Waals surface area contributed by atoms with Gasteiger partial charge in [0.2, 0.25) is 0 Å². The zero-order valence-electron chi connectivity index (χ0n) is 22.9. The SMILES string of the molecule is CCOC(=O)C1=C(C)N=c2s/c(=C\c3c(OCC)ccc4ccccc34)c(=O)n2C1c1ccc(C(C)C)cc1. The third-order valence-electron chi connectivity index (χ3n) is 6.94. The number of benzene rings is 3. The molecule has 1 unspecified atom stereocenters. The number of aromatic nitrogens is 1. The second-order valence-corrected chi connectivity index (χ2v) is 10.8. The first-order chi connectivity index (χ1) is 18.8. The lowest BCUT2D eigenvalue weighted by atomic mass is 9.93. The fourth-order valence-electron chi connectivity index (χ4n) is 5.01. The zero-order chi connectivity index (χ0) is 27.7. The summed E-state index contributed by atoms with van der Waals surface area (Å²) in [6, 6.07) is 19.5. The summed E-state index contributed by atoms with van der Waals surface area (Å²) in [5, 5.41) is 2.06. The van der Waals surface area contributed by atoms with Crippen molar-refractivity contribution in [3.8, 4) is 5.75 Å². The van der Waals surface area contributed by atoms with Crippen LogP contribution in [-0.2, 0) is 9.53 Å². The molecule has 0 amide bonds. The van der Waals surface area contributed by atoms with Crippen LogP contribution in [0.2, 0.25) is 0 Å². The third kappa shape index (κ3) is 4.94. The quantitative estimate of drug-likeness (QED) is 0.292. The molecule has 0 fully saturated rings. The number of allylic oxidation sites excluding steroid dienone is 1. The van der Waals surface area contributed by atoms with Gasteiger partial charge in [-0.3, -0.25) is 9.36 Å². The van der Waals surface area contributed by atoms with Gasteiger partial charge in [-0.1, -0.05) is 79.8 Å². The van der Waals surface area contributed by atoms with E-state index in [9.17, 15) is 9.59 Å². The molecular formula is C32H32N2O4S. The van der Waals surface area contributed by atoms with Crippen molar-refractivity contribution in [3.63, 3.8) is 0 Å². The van der Waals surface area contributed by atoms with Gasteiger partial charge < -0.3 is 9.47 Å². The molecule has 0 radical (unpaired) electrons. The number of nitrogens with zero attached hydrogens (tertiary/aromatic N) is 2. The Balaban J connectivity index is 1.76. The van der Waals surface area contributed by atoms with E-state index in [1.165, 1.54) is 16.9 Å². The third-order valence-corrected chi connectivity index (χ3v) is 7.92. The van der Waals surface area contributed by atoms with Crippen molar-refractivity contribution in [1.82, 2.24) is 4.57 Å². The zero-order valence-corrected chi connectivity index (χ0v) is 23.7. The molecule has 0 N–H and O–H groups in total. The van der Waals surface area contributed by atoms with Crippen molar-refractivity contribution in [1.29, 1.82) is 0 Å². The molecule has 3 aromatic carbocycles. The van der Waals surface area contributed by atoms with E-state index in [1.807, 2.05) is 61.5 Å². The number of rotatable bonds is 7. The van der Waals surface area contributed by atoms with Crippen molar-refractivity contribution in [2.75, 3.05) is 13.2 Å². The summed E-state index contributed by atoms with van der Waals surface area (Å²) in [4.78, 5) is 32.5. The molecule has 0 saturated heterocycles. The molecule has 0 aliphatic carbocycles. The van der Waals surface area contributed by atoms with E-state index in [0.717, 1.165) is 21.9 Å². The van der Waals surface area contributed by atoms with E-state index in [-0.39, 0.29) is 12.2 Å². The Kier molecular flexibility index (Phi) is 7.53. The molecule has 2 heterocycles. The van der Waals surface area contributed by atoms with Gasteiger partial charge in [0.15, 0.2) is 4.80 Å². The summed E-state index contributed by atoms with van der Waals surface area (Å²) in [5.41, 5.74) is 3.60. The summed E-state index contributed by atoms with van der Waals surface area (Å²) < 4.78 is 13.5. The first-order valence-corrected chi connectivity index (χ1v) is 14.1. The van der Waals surface area contributed by atoms with Gasteiger partial charge in [0.05, 0.1) is 35.1 Å². The molecule has 7 heteroatoms. The van der Waals surface area contributed by atoms with Gasteiger partial charge in [-0.05, 0) is 60.7 Å². The van der Waals surface area contributed by atoms with E-state index in [0.29, 0.717) is 38.9 Å². The molecule has 6 nitrogen and oxygen atoms in total. The maximum atomic E-state index is 14.1. The number of ether oxygens (including phenoxy) is 2. The highest BCUT2D eigenvalue weighted by Gasteiger charge is 2.33. The monoisotopic (exact) mass is 540 g/mol. The van der Waals surface area contributed by atoms with Gasteiger partial charge in [-0.2, -0.15) is 0 Å². The lowest BCUT2D eigenvalue weighted by Crippen LogP contribution is -2.40. The molecular weight excluding hydrogens is 508 g/mol. The molecule has 39 heavy (non-hydrogen) atoms. The van der Waals surface area contributed by atoms with Crippen LogP contribution in [0.15, 0.2) is 81.7 Å².